The van der Waals surface area contributed by atoms with Gasteiger partial charge in [0.05, 0.1) is 0 Å². The summed E-state index contributed by atoms with van der Waals surface area (Å²) in [4.78, 5) is 10.2. The van der Waals surface area contributed by atoms with Crippen molar-refractivity contribution in [1.82, 2.24) is 5.32 Å². The molecule has 1 aliphatic rings. The quantitative estimate of drug-likeness (QED) is 0.512. The second-order valence-electron chi connectivity index (χ2n) is 3.01. The summed E-state index contributed by atoms with van der Waals surface area (Å²) in [5, 5.41) is 11.5. The van der Waals surface area contributed by atoms with E-state index in [1.54, 1.807) is 0 Å². The first kappa shape index (κ1) is 8.49. The zero-order valence-electron chi connectivity index (χ0n) is 6.42. The van der Waals surface area contributed by atoms with E-state index in [0.717, 1.165) is 13.1 Å². The second-order valence-corrected chi connectivity index (χ2v) is 3.01. The molecular formula is C7H14N2O2. The highest BCUT2D eigenvalue weighted by Gasteiger charge is 2.23. The van der Waals surface area contributed by atoms with Crippen LogP contribution in [0, 0.1) is 5.92 Å². The molecule has 1 fully saturated rings. The van der Waals surface area contributed by atoms with Crippen LogP contribution in [-0.2, 0) is 4.79 Å². The summed E-state index contributed by atoms with van der Waals surface area (Å²) in [6, 6.07) is 0.148. The van der Waals surface area contributed by atoms with Crippen molar-refractivity contribution in [3.8, 4) is 0 Å². The van der Waals surface area contributed by atoms with Crippen LogP contribution in [0.5, 0.6) is 0 Å². The van der Waals surface area contributed by atoms with Crippen LogP contribution in [0.2, 0.25) is 0 Å². The number of nitrogens with two attached hydrogens (primary N) is 1. The SMILES string of the molecule is N[C@H]1CNC[C@@H]1CCC(=O)O. The van der Waals surface area contributed by atoms with Gasteiger partial charge >= 0.3 is 5.97 Å². The summed E-state index contributed by atoms with van der Waals surface area (Å²) in [5.74, 6) is -0.379. The molecule has 0 unspecified atom stereocenters. The maximum absolute atomic E-state index is 10.2. The van der Waals surface area contributed by atoms with Gasteiger partial charge in [-0.15, -0.1) is 0 Å². The molecule has 0 saturated carbocycles. The van der Waals surface area contributed by atoms with Crippen LogP contribution < -0.4 is 11.1 Å². The number of hydrogen-bond acceptors (Lipinski definition) is 3. The van der Waals surface area contributed by atoms with Gasteiger partial charge in [0.15, 0.2) is 0 Å². The molecule has 1 rings (SSSR count). The van der Waals surface area contributed by atoms with Gasteiger partial charge in [0.2, 0.25) is 0 Å². The molecule has 64 valence electrons. The Morgan fingerprint density at radius 2 is 2.36 bits per heavy atom. The van der Waals surface area contributed by atoms with Gasteiger partial charge in [0.1, 0.15) is 0 Å². The lowest BCUT2D eigenvalue weighted by molar-refractivity contribution is -0.137. The number of hydrogen-bond donors (Lipinski definition) is 3. The van der Waals surface area contributed by atoms with Crippen molar-refractivity contribution in [3.63, 3.8) is 0 Å². The number of rotatable bonds is 3. The minimum absolute atomic E-state index is 0.148. The first-order chi connectivity index (χ1) is 5.20. The Morgan fingerprint density at radius 3 is 2.82 bits per heavy atom. The number of nitrogens with one attached hydrogen (secondary N) is 1. The lowest BCUT2D eigenvalue weighted by atomic mass is 9.99. The minimum atomic E-state index is -0.732. The lowest BCUT2D eigenvalue weighted by Crippen LogP contribution is -2.29. The Hall–Kier alpha value is -0.610. The van der Waals surface area contributed by atoms with Crippen LogP contribution in [0.4, 0.5) is 0 Å². The second kappa shape index (κ2) is 3.69. The largest absolute Gasteiger partial charge is 0.481 e. The Kier molecular flexibility index (Phi) is 2.84. The maximum Gasteiger partial charge on any atom is 0.303 e. The lowest BCUT2D eigenvalue weighted by Gasteiger charge is -2.11. The minimum Gasteiger partial charge on any atom is -0.481 e. The van der Waals surface area contributed by atoms with Crippen molar-refractivity contribution in [3.05, 3.63) is 0 Å². The number of carbonyl (C=O) groups is 1. The molecule has 4 heteroatoms. The Balaban J connectivity index is 2.20. The van der Waals surface area contributed by atoms with Crippen molar-refractivity contribution in [2.75, 3.05) is 13.1 Å². The van der Waals surface area contributed by atoms with Crippen molar-refractivity contribution in [2.45, 2.75) is 18.9 Å². The molecule has 4 nitrogen and oxygen atoms in total. The van der Waals surface area contributed by atoms with Crippen LogP contribution in [0.25, 0.3) is 0 Å². The molecule has 0 bridgehead atoms. The molecule has 0 aromatic rings. The monoisotopic (exact) mass is 158 g/mol. The predicted molar refractivity (Wildman–Crippen MR) is 41.2 cm³/mol. The highest BCUT2D eigenvalue weighted by molar-refractivity contribution is 5.66. The predicted octanol–water partition coefficient (Wildman–Crippen LogP) is -0.602. The number of aliphatic carboxylic acids is 1. The maximum atomic E-state index is 10.2. The third kappa shape index (κ3) is 2.48. The van der Waals surface area contributed by atoms with E-state index in [1.807, 2.05) is 0 Å². The Bertz CT molecular complexity index is 149. The fourth-order valence-corrected chi connectivity index (χ4v) is 1.38. The average molecular weight is 158 g/mol. The molecule has 4 N–H and O–H groups in total. The third-order valence-electron chi connectivity index (χ3n) is 2.12. The van der Waals surface area contributed by atoms with Gasteiger partial charge in [-0.1, -0.05) is 0 Å². The van der Waals surface area contributed by atoms with Gasteiger partial charge in [-0.2, -0.15) is 0 Å². The zero-order chi connectivity index (χ0) is 8.27. The van der Waals surface area contributed by atoms with Crippen LogP contribution in [0.15, 0.2) is 0 Å². The molecule has 0 spiro atoms. The van der Waals surface area contributed by atoms with E-state index in [-0.39, 0.29) is 12.5 Å². The van der Waals surface area contributed by atoms with Crippen molar-refractivity contribution in [1.29, 1.82) is 0 Å². The van der Waals surface area contributed by atoms with Crippen LogP contribution in [0.3, 0.4) is 0 Å². The summed E-state index contributed by atoms with van der Waals surface area (Å²) in [6.45, 7) is 1.69. The standard InChI is InChI=1S/C7H14N2O2/c8-6-4-9-3-5(6)1-2-7(10)11/h5-6,9H,1-4,8H2,(H,10,11)/t5-,6-/m0/s1. The van der Waals surface area contributed by atoms with Crippen molar-refractivity contribution >= 4 is 5.97 Å². The molecule has 0 amide bonds. The molecule has 1 aliphatic heterocycles. The topological polar surface area (TPSA) is 75.3 Å². The van der Waals surface area contributed by atoms with Crippen molar-refractivity contribution in [2.24, 2.45) is 11.7 Å². The van der Waals surface area contributed by atoms with Gasteiger partial charge in [0, 0.05) is 19.0 Å². The summed E-state index contributed by atoms with van der Waals surface area (Å²) in [7, 11) is 0. The van der Waals surface area contributed by atoms with E-state index in [0.29, 0.717) is 12.3 Å². The first-order valence-electron chi connectivity index (χ1n) is 3.88. The number of carboxylic acids is 1. The summed E-state index contributed by atoms with van der Waals surface area (Å²) >= 11 is 0. The van der Waals surface area contributed by atoms with Gasteiger partial charge in [-0.3, -0.25) is 4.79 Å². The third-order valence-corrected chi connectivity index (χ3v) is 2.12. The van der Waals surface area contributed by atoms with E-state index in [9.17, 15) is 4.79 Å². The summed E-state index contributed by atoms with van der Waals surface area (Å²) in [5.41, 5.74) is 5.71. The molecule has 0 aromatic heterocycles. The molecule has 1 saturated heterocycles. The van der Waals surface area contributed by atoms with Gasteiger partial charge in [-0.05, 0) is 18.9 Å². The highest BCUT2D eigenvalue weighted by atomic mass is 16.4. The molecule has 0 aliphatic carbocycles. The van der Waals surface area contributed by atoms with E-state index in [2.05, 4.69) is 5.32 Å². The molecule has 1 heterocycles. The molecule has 0 aromatic carbocycles. The fraction of sp³-hybridized carbons (Fsp3) is 0.857. The van der Waals surface area contributed by atoms with E-state index >= 15 is 0 Å². The Morgan fingerprint density at radius 1 is 1.64 bits per heavy atom. The fourth-order valence-electron chi connectivity index (χ4n) is 1.38. The molecule has 11 heavy (non-hydrogen) atoms. The Labute approximate surface area is 65.8 Å². The van der Waals surface area contributed by atoms with Crippen LogP contribution in [0.1, 0.15) is 12.8 Å². The van der Waals surface area contributed by atoms with Crippen molar-refractivity contribution < 1.29 is 9.90 Å². The molecular weight excluding hydrogens is 144 g/mol. The van der Waals surface area contributed by atoms with Gasteiger partial charge < -0.3 is 16.2 Å². The molecule has 0 radical (unpaired) electrons. The smallest absolute Gasteiger partial charge is 0.303 e. The van der Waals surface area contributed by atoms with Crippen LogP contribution >= 0.6 is 0 Å². The summed E-state index contributed by atoms with van der Waals surface area (Å²) < 4.78 is 0. The van der Waals surface area contributed by atoms with Gasteiger partial charge in [0.25, 0.3) is 0 Å². The van der Waals surface area contributed by atoms with Crippen LogP contribution in [-0.4, -0.2) is 30.2 Å². The normalized spacial score (nSPS) is 30.6. The molecule has 2 atom stereocenters. The highest BCUT2D eigenvalue weighted by Crippen LogP contribution is 2.13. The van der Waals surface area contributed by atoms with E-state index < -0.39 is 5.97 Å². The van der Waals surface area contributed by atoms with E-state index in [4.69, 9.17) is 10.8 Å². The first-order valence-corrected chi connectivity index (χ1v) is 3.88. The zero-order valence-corrected chi connectivity index (χ0v) is 6.42. The van der Waals surface area contributed by atoms with Gasteiger partial charge in [-0.25, -0.2) is 0 Å². The number of carboxylic acid groups (broad SMARTS) is 1. The average Bonchev–Trinajstić information content (AvgIpc) is 2.31. The van der Waals surface area contributed by atoms with E-state index in [1.165, 1.54) is 0 Å². The summed E-state index contributed by atoms with van der Waals surface area (Å²) in [6.07, 6.45) is 0.934.